The molecule has 0 aromatic heterocycles. The fourth-order valence-corrected chi connectivity index (χ4v) is 2.63. The molecule has 5 nitrogen and oxygen atoms in total. The Kier molecular flexibility index (Phi) is 6.01. The molecule has 0 spiro atoms. The zero-order valence-corrected chi connectivity index (χ0v) is 16.6. The second kappa shape index (κ2) is 7.64. The summed E-state index contributed by atoms with van der Waals surface area (Å²) in [4.78, 5) is 3.49. The van der Waals surface area contributed by atoms with Crippen LogP contribution in [0.1, 0.15) is 33.3 Å². The Hall–Kier alpha value is -2.26. The van der Waals surface area contributed by atoms with E-state index in [1.165, 1.54) is 0 Å². The van der Waals surface area contributed by atoms with Crippen LogP contribution in [0.15, 0.2) is 47.9 Å². The van der Waals surface area contributed by atoms with Crippen molar-refractivity contribution in [3.05, 3.63) is 48.4 Å². The van der Waals surface area contributed by atoms with Gasteiger partial charge in [0.1, 0.15) is 11.5 Å². The Labute approximate surface area is 163 Å². The Morgan fingerprint density at radius 2 is 1.75 bits per heavy atom. The molecular formula is C19H25BF3N3O2. The Balaban J connectivity index is 2.26. The van der Waals surface area contributed by atoms with Crippen molar-refractivity contribution in [1.29, 1.82) is 0 Å². The van der Waals surface area contributed by atoms with Gasteiger partial charge in [-0.2, -0.15) is 13.2 Å². The summed E-state index contributed by atoms with van der Waals surface area (Å²) in [6, 6.07) is 5.40. The average Bonchev–Trinajstić information content (AvgIpc) is 2.73. The second-order valence-electron chi connectivity index (χ2n) is 7.65. The first-order valence-corrected chi connectivity index (χ1v) is 8.72. The molecule has 1 aliphatic heterocycles. The van der Waals surface area contributed by atoms with Crippen LogP contribution in [-0.4, -0.2) is 30.2 Å². The summed E-state index contributed by atoms with van der Waals surface area (Å²) in [6.07, 6.45) is -3.18. The number of nitrogens with one attached hydrogen (secondary N) is 1. The van der Waals surface area contributed by atoms with Crippen LogP contribution in [0.3, 0.4) is 0 Å². The number of allylic oxidation sites excluding steroid dienone is 1. The van der Waals surface area contributed by atoms with Gasteiger partial charge in [-0.25, -0.2) is 4.99 Å². The lowest BCUT2D eigenvalue weighted by Gasteiger charge is -2.32. The summed E-state index contributed by atoms with van der Waals surface area (Å²) in [5, 5.41) is 2.78. The Morgan fingerprint density at radius 1 is 1.18 bits per heavy atom. The molecule has 1 aromatic rings. The van der Waals surface area contributed by atoms with Crippen LogP contribution in [0.4, 0.5) is 18.9 Å². The molecule has 0 atom stereocenters. The van der Waals surface area contributed by atoms with Crippen LogP contribution in [0.5, 0.6) is 0 Å². The summed E-state index contributed by atoms with van der Waals surface area (Å²) >= 11 is 0. The molecule has 1 aromatic carbocycles. The maximum absolute atomic E-state index is 12.9. The number of hydrogen-bond acceptors (Lipinski definition) is 5. The molecule has 28 heavy (non-hydrogen) atoms. The highest BCUT2D eigenvalue weighted by molar-refractivity contribution is 6.62. The number of anilines is 1. The van der Waals surface area contributed by atoms with Crippen molar-refractivity contribution >= 4 is 24.0 Å². The summed E-state index contributed by atoms with van der Waals surface area (Å²) in [6.45, 7) is 13.2. The van der Waals surface area contributed by atoms with Gasteiger partial charge in [0, 0.05) is 5.69 Å². The highest BCUT2D eigenvalue weighted by atomic mass is 19.4. The molecule has 1 aliphatic rings. The molecule has 1 heterocycles. The predicted molar refractivity (Wildman–Crippen MR) is 106 cm³/mol. The van der Waals surface area contributed by atoms with Crippen LogP contribution in [0.2, 0.25) is 0 Å². The van der Waals surface area contributed by atoms with E-state index in [4.69, 9.17) is 15.0 Å². The lowest BCUT2D eigenvalue weighted by atomic mass is 9.78. The number of alkyl halides is 3. The molecule has 0 amide bonds. The SMILES string of the molecule is C=C(/N=C(\C=C/N)C(F)(F)F)Nc1cc(C)cc(B2OC(C)(C)C(C)(C)O2)c1. The van der Waals surface area contributed by atoms with Crippen molar-refractivity contribution < 1.29 is 22.5 Å². The molecule has 3 N–H and O–H groups in total. The molecule has 0 radical (unpaired) electrons. The number of aryl methyl sites for hydroxylation is 1. The van der Waals surface area contributed by atoms with Crippen molar-refractivity contribution in [3.8, 4) is 0 Å². The van der Waals surface area contributed by atoms with E-state index in [1.807, 2.05) is 40.7 Å². The normalized spacial score (nSPS) is 19.3. The van der Waals surface area contributed by atoms with E-state index < -0.39 is 30.2 Å². The van der Waals surface area contributed by atoms with Gasteiger partial charge in [-0.05, 0) is 70.1 Å². The molecule has 0 unspecified atom stereocenters. The molecule has 0 saturated carbocycles. The third-order valence-electron chi connectivity index (χ3n) is 4.71. The minimum Gasteiger partial charge on any atom is -0.405 e. The van der Waals surface area contributed by atoms with Gasteiger partial charge in [-0.3, -0.25) is 0 Å². The summed E-state index contributed by atoms with van der Waals surface area (Å²) in [5.41, 5.74) is 5.07. The first-order chi connectivity index (χ1) is 12.7. The standard InChI is InChI=1S/C19H25BF3N3O2/c1-12-9-14(20-27-17(3,4)18(5,6)28-20)11-15(10-12)25-13(2)26-16(7-8-24)19(21,22)23/h7-11,25H,2,24H2,1,3-6H3/b8-7-,26-16+. The fourth-order valence-electron chi connectivity index (χ4n) is 2.63. The zero-order valence-electron chi connectivity index (χ0n) is 16.6. The summed E-state index contributed by atoms with van der Waals surface area (Å²) in [5.74, 6) is -0.170. The number of nitrogens with zero attached hydrogens (tertiary/aromatic N) is 1. The zero-order chi connectivity index (χ0) is 21.3. The molecule has 9 heteroatoms. The number of rotatable bonds is 5. The van der Waals surface area contributed by atoms with Gasteiger partial charge >= 0.3 is 13.3 Å². The van der Waals surface area contributed by atoms with E-state index in [-0.39, 0.29) is 5.82 Å². The lowest BCUT2D eigenvalue weighted by Crippen LogP contribution is -2.41. The summed E-state index contributed by atoms with van der Waals surface area (Å²) in [7, 11) is -0.590. The van der Waals surface area contributed by atoms with Crippen LogP contribution in [-0.2, 0) is 9.31 Å². The molecule has 152 valence electrons. The van der Waals surface area contributed by atoms with Crippen molar-refractivity contribution in [2.24, 2.45) is 10.7 Å². The number of hydrogen-bond donors (Lipinski definition) is 2. The van der Waals surface area contributed by atoms with Crippen LogP contribution in [0.25, 0.3) is 0 Å². The smallest absolute Gasteiger partial charge is 0.405 e. The van der Waals surface area contributed by atoms with Crippen LogP contribution in [0, 0.1) is 6.92 Å². The molecular weight excluding hydrogens is 370 g/mol. The van der Waals surface area contributed by atoms with Crippen LogP contribution < -0.4 is 16.5 Å². The number of aliphatic imine (C=N–C) groups is 1. The minimum atomic E-state index is -4.64. The first-order valence-electron chi connectivity index (χ1n) is 8.72. The van der Waals surface area contributed by atoms with Gasteiger partial charge in [0.25, 0.3) is 0 Å². The lowest BCUT2D eigenvalue weighted by molar-refractivity contribution is -0.0577. The topological polar surface area (TPSA) is 68.9 Å². The van der Waals surface area contributed by atoms with Crippen molar-refractivity contribution in [2.75, 3.05) is 5.32 Å². The molecule has 0 bridgehead atoms. The van der Waals surface area contributed by atoms with E-state index in [0.29, 0.717) is 11.8 Å². The van der Waals surface area contributed by atoms with E-state index in [9.17, 15) is 13.2 Å². The minimum absolute atomic E-state index is 0.170. The largest absolute Gasteiger partial charge is 0.494 e. The van der Waals surface area contributed by atoms with Crippen molar-refractivity contribution in [1.82, 2.24) is 0 Å². The van der Waals surface area contributed by atoms with Gasteiger partial charge in [0.2, 0.25) is 0 Å². The van der Waals surface area contributed by atoms with Gasteiger partial charge < -0.3 is 20.4 Å². The molecule has 1 saturated heterocycles. The molecule has 2 rings (SSSR count). The van der Waals surface area contributed by atoms with Gasteiger partial charge in [-0.15, -0.1) is 0 Å². The third kappa shape index (κ3) is 4.96. The van der Waals surface area contributed by atoms with Gasteiger partial charge in [0.05, 0.1) is 11.2 Å². The molecule has 0 aliphatic carbocycles. The van der Waals surface area contributed by atoms with E-state index in [2.05, 4.69) is 16.9 Å². The Morgan fingerprint density at radius 3 is 2.25 bits per heavy atom. The first kappa shape index (κ1) is 22.0. The van der Waals surface area contributed by atoms with E-state index in [0.717, 1.165) is 17.2 Å². The summed E-state index contributed by atoms with van der Waals surface area (Å²) < 4.78 is 50.9. The van der Waals surface area contributed by atoms with Crippen LogP contribution >= 0.6 is 0 Å². The average molecular weight is 395 g/mol. The number of halogens is 3. The highest BCUT2D eigenvalue weighted by Crippen LogP contribution is 2.36. The maximum atomic E-state index is 12.9. The number of benzene rings is 1. The Bertz CT molecular complexity index is 801. The van der Waals surface area contributed by atoms with Gasteiger partial charge in [-0.1, -0.05) is 12.6 Å². The van der Waals surface area contributed by atoms with E-state index in [1.54, 1.807) is 12.1 Å². The predicted octanol–water partition coefficient (Wildman–Crippen LogP) is 3.65. The number of nitrogens with two attached hydrogens (primary N) is 1. The highest BCUT2D eigenvalue weighted by Gasteiger charge is 2.51. The molecule has 1 fully saturated rings. The van der Waals surface area contributed by atoms with Gasteiger partial charge in [0.15, 0.2) is 0 Å². The maximum Gasteiger partial charge on any atom is 0.494 e. The fraction of sp³-hybridized carbons (Fsp3) is 0.421. The van der Waals surface area contributed by atoms with Crippen molar-refractivity contribution in [2.45, 2.75) is 52.0 Å². The monoisotopic (exact) mass is 395 g/mol. The van der Waals surface area contributed by atoms with E-state index >= 15 is 0 Å². The van der Waals surface area contributed by atoms with Crippen molar-refractivity contribution in [3.63, 3.8) is 0 Å². The third-order valence-corrected chi connectivity index (χ3v) is 4.71. The second-order valence-corrected chi connectivity index (χ2v) is 7.65. The quantitative estimate of drug-likeness (QED) is 0.590.